The Hall–Kier alpha value is -0.950. The Morgan fingerprint density at radius 1 is 1.25 bits per heavy atom. The van der Waals surface area contributed by atoms with E-state index in [-0.39, 0.29) is 6.04 Å². The fourth-order valence-corrected chi connectivity index (χ4v) is 5.79. The molecule has 1 aliphatic heterocycles. The first-order valence-electron chi connectivity index (χ1n) is 6.26. The molecule has 0 amide bonds. The quantitative estimate of drug-likeness (QED) is 0.868. The monoisotopic (exact) mass is 328 g/mol. The summed E-state index contributed by atoms with van der Waals surface area (Å²) in [7, 11) is -3.47. The zero-order chi connectivity index (χ0) is 14.2. The van der Waals surface area contributed by atoms with Crippen LogP contribution < -0.4 is 0 Å². The van der Waals surface area contributed by atoms with E-state index in [0.717, 1.165) is 29.7 Å². The minimum Gasteiger partial charge on any atom is -0.265 e. The smallest absolute Gasteiger partial charge is 0.253 e. The van der Waals surface area contributed by atoms with E-state index in [0.29, 0.717) is 15.1 Å². The van der Waals surface area contributed by atoms with E-state index >= 15 is 0 Å². The lowest BCUT2D eigenvalue weighted by atomic mass is 10.1. The second-order valence-corrected chi connectivity index (χ2v) is 8.45. The Morgan fingerprint density at radius 3 is 2.65 bits per heavy atom. The predicted octanol–water partition coefficient (Wildman–Crippen LogP) is 3.32. The van der Waals surface area contributed by atoms with Crippen molar-refractivity contribution < 1.29 is 8.42 Å². The van der Waals surface area contributed by atoms with Crippen LogP contribution in [0.2, 0.25) is 4.34 Å². The second-order valence-electron chi connectivity index (χ2n) is 4.61. The molecule has 0 bridgehead atoms. The molecule has 1 atom stereocenters. The van der Waals surface area contributed by atoms with Gasteiger partial charge in [0.25, 0.3) is 10.0 Å². The van der Waals surface area contributed by atoms with E-state index in [9.17, 15) is 8.42 Å². The third-order valence-corrected chi connectivity index (χ3v) is 7.01. The van der Waals surface area contributed by atoms with Crippen molar-refractivity contribution in [3.8, 4) is 0 Å². The highest BCUT2D eigenvalue weighted by Gasteiger charge is 2.36. The van der Waals surface area contributed by atoms with Crippen molar-refractivity contribution in [3.05, 3.63) is 46.6 Å². The minimum atomic E-state index is -3.47. The van der Waals surface area contributed by atoms with Crippen LogP contribution in [0.3, 0.4) is 0 Å². The number of thiophene rings is 1. The predicted molar refractivity (Wildman–Crippen MR) is 79.4 cm³/mol. The Labute approximate surface area is 127 Å². The van der Waals surface area contributed by atoms with Crippen molar-refractivity contribution in [1.82, 2.24) is 9.29 Å². The molecule has 1 saturated heterocycles. The highest BCUT2D eigenvalue weighted by molar-refractivity contribution is 7.91. The number of aromatic nitrogens is 1. The summed E-state index contributed by atoms with van der Waals surface area (Å²) in [6, 6.07) is 6.84. The summed E-state index contributed by atoms with van der Waals surface area (Å²) in [6.45, 7) is 0.546. The third kappa shape index (κ3) is 2.48. The SMILES string of the molecule is O=S(=O)(c1ccc(Cl)s1)N1CCCC1c1ccncc1. The highest BCUT2D eigenvalue weighted by atomic mass is 35.5. The standard InChI is InChI=1S/C13H13ClN2O2S2/c14-12-3-4-13(19-12)20(17,18)16-9-1-2-11(16)10-5-7-15-8-6-10/h3-8,11H,1-2,9H2. The van der Waals surface area contributed by atoms with Gasteiger partial charge in [0.1, 0.15) is 4.21 Å². The van der Waals surface area contributed by atoms with E-state index in [1.807, 2.05) is 12.1 Å². The van der Waals surface area contributed by atoms with Gasteiger partial charge in [-0.2, -0.15) is 4.31 Å². The highest BCUT2D eigenvalue weighted by Crippen LogP contribution is 2.38. The first-order chi connectivity index (χ1) is 9.59. The Kier molecular flexibility index (Phi) is 3.81. The fourth-order valence-electron chi connectivity index (χ4n) is 2.50. The Bertz CT molecular complexity index is 700. The molecule has 1 fully saturated rings. The van der Waals surface area contributed by atoms with Gasteiger partial charge in [-0.05, 0) is 42.7 Å². The van der Waals surface area contributed by atoms with Crippen LogP contribution in [-0.4, -0.2) is 24.3 Å². The van der Waals surface area contributed by atoms with Gasteiger partial charge in [0.15, 0.2) is 0 Å². The zero-order valence-electron chi connectivity index (χ0n) is 10.6. The molecule has 3 heterocycles. The molecular weight excluding hydrogens is 316 g/mol. The largest absolute Gasteiger partial charge is 0.265 e. The van der Waals surface area contributed by atoms with Crippen LogP contribution in [0.25, 0.3) is 0 Å². The molecule has 1 unspecified atom stereocenters. The lowest BCUT2D eigenvalue weighted by Gasteiger charge is -2.23. The number of hydrogen-bond donors (Lipinski definition) is 0. The van der Waals surface area contributed by atoms with E-state index in [1.165, 1.54) is 0 Å². The average Bonchev–Trinajstić information content (AvgIpc) is 3.08. The molecule has 106 valence electrons. The van der Waals surface area contributed by atoms with Crippen LogP contribution >= 0.6 is 22.9 Å². The van der Waals surface area contributed by atoms with E-state index < -0.39 is 10.0 Å². The van der Waals surface area contributed by atoms with Crippen molar-refractivity contribution in [2.75, 3.05) is 6.54 Å². The van der Waals surface area contributed by atoms with Crippen LogP contribution in [0.15, 0.2) is 40.9 Å². The van der Waals surface area contributed by atoms with Gasteiger partial charge >= 0.3 is 0 Å². The van der Waals surface area contributed by atoms with Gasteiger partial charge in [-0.3, -0.25) is 4.98 Å². The number of hydrogen-bond acceptors (Lipinski definition) is 4. The third-order valence-electron chi connectivity index (χ3n) is 3.41. The molecule has 0 radical (unpaired) electrons. The molecule has 20 heavy (non-hydrogen) atoms. The lowest BCUT2D eigenvalue weighted by Crippen LogP contribution is -2.30. The Balaban J connectivity index is 1.97. The molecule has 2 aromatic rings. The summed E-state index contributed by atoms with van der Waals surface area (Å²) < 4.78 is 27.8. The normalized spacial score (nSPS) is 20.4. The molecule has 0 saturated carbocycles. The first kappa shape index (κ1) is 14.0. The van der Waals surface area contributed by atoms with Crippen LogP contribution in [0.1, 0.15) is 24.4 Å². The van der Waals surface area contributed by atoms with Gasteiger partial charge in [-0.25, -0.2) is 8.42 Å². The van der Waals surface area contributed by atoms with Crippen molar-refractivity contribution in [2.24, 2.45) is 0 Å². The summed E-state index contributed by atoms with van der Waals surface area (Å²) in [5.74, 6) is 0. The summed E-state index contributed by atoms with van der Waals surface area (Å²) in [6.07, 6.45) is 5.09. The molecule has 4 nitrogen and oxygen atoms in total. The molecule has 3 rings (SSSR count). The summed E-state index contributed by atoms with van der Waals surface area (Å²) in [5.41, 5.74) is 0.990. The Morgan fingerprint density at radius 2 is 2.00 bits per heavy atom. The van der Waals surface area contributed by atoms with Crippen molar-refractivity contribution in [3.63, 3.8) is 0 Å². The van der Waals surface area contributed by atoms with Crippen LogP contribution in [-0.2, 0) is 10.0 Å². The van der Waals surface area contributed by atoms with Gasteiger partial charge in [0.2, 0.25) is 0 Å². The molecule has 0 aliphatic carbocycles. The summed E-state index contributed by atoms with van der Waals surface area (Å²) in [5, 5.41) is 0. The minimum absolute atomic E-state index is 0.108. The molecule has 0 N–H and O–H groups in total. The number of nitrogens with zero attached hydrogens (tertiary/aromatic N) is 2. The summed E-state index contributed by atoms with van der Waals surface area (Å²) >= 11 is 6.96. The van der Waals surface area contributed by atoms with Crippen LogP contribution in [0.4, 0.5) is 0 Å². The van der Waals surface area contributed by atoms with Crippen molar-refractivity contribution in [2.45, 2.75) is 23.1 Å². The maximum atomic E-state index is 12.7. The van der Waals surface area contributed by atoms with Gasteiger partial charge < -0.3 is 0 Å². The number of pyridine rings is 1. The van der Waals surface area contributed by atoms with Crippen LogP contribution in [0.5, 0.6) is 0 Å². The topological polar surface area (TPSA) is 50.3 Å². The molecule has 0 aromatic carbocycles. The van der Waals surface area contributed by atoms with Crippen molar-refractivity contribution in [1.29, 1.82) is 0 Å². The fraction of sp³-hybridized carbons (Fsp3) is 0.308. The van der Waals surface area contributed by atoms with Crippen LogP contribution in [0, 0.1) is 0 Å². The number of rotatable bonds is 3. The maximum Gasteiger partial charge on any atom is 0.253 e. The van der Waals surface area contributed by atoms with Gasteiger partial charge in [0, 0.05) is 18.9 Å². The van der Waals surface area contributed by atoms with Crippen molar-refractivity contribution >= 4 is 33.0 Å². The molecule has 1 aliphatic rings. The van der Waals surface area contributed by atoms with Gasteiger partial charge in [-0.1, -0.05) is 11.6 Å². The van der Waals surface area contributed by atoms with E-state index in [4.69, 9.17) is 11.6 Å². The zero-order valence-corrected chi connectivity index (χ0v) is 13.0. The molecule has 2 aromatic heterocycles. The molecule has 0 spiro atoms. The second kappa shape index (κ2) is 5.44. The van der Waals surface area contributed by atoms with E-state index in [2.05, 4.69) is 4.98 Å². The summed E-state index contributed by atoms with van der Waals surface area (Å²) in [4.78, 5) is 3.98. The average molecular weight is 329 g/mol. The van der Waals surface area contributed by atoms with E-state index in [1.54, 1.807) is 28.8 Å². The first-order valence-corrected chi connectivity index (χ1v) is 8.89. The maximum absolute atomic E-state index is 12.7. The molecular formula is C13H13ClN2O2S2. The lowest BCUT2D eigenvalue weighted by molar-refractivity contribution is 0.397. The molecule has 7 heteroatoms. The van der Waals surface area contributed by atoms with Gasteiger partial charge in [0.05, 0.1) is 10.4 Å². The van der Waals surface area contributed by atoms with Gasteiger partial charge in [-0.15, -0.1) is 11.3 Å². The number of sulfonamides is 1. The number of halogens is 1.